The lowest BCUT2D eigenvalue weighted by atomic mass is 10.2. The summed E-state index contributed by atoms with van der Waals surface area (Å²) in [7, 11) is 0. The van der Waals surface area contributed by atoms with Crippen LogP contribution in [0.4, 0.5) is 5.82 Å². The van der Waals surface area contributed by atoms with Crippen molar-refractivity contribution >= 4 is 30.1 Å². The molecule has 30 heavy (non-hydrogen) atoms. The number of esters is 1. The number of fused-ring (bicyclic) bond motifs is 1. The SMILES string of the molecule is CCOC(=O)c1ccnc(NN)c1.CCc1ccn2cnnc2c1.O=C=O.O=CO. The second-order valence-corrected chi connectivity index (χ2v) is 4.97. The first-order valence-electron chi connectivity index (χ1n) is 8.46. The van der Waals surface area contributed by atoms with E-state index in [1.165, 1.54) is 17.8 Å². The van der Waals surface area contributed by atoms with Crippen LogP contribution >= 0.6 is 0 Å². The van der Waals surface area contributed by atoms with E-state index in [-0.39, 0.29) is 18.6 Å². The molecule has 4 N–H and O–H groups in total. The summed E-state index contributed by atoms with van der Waals surface area (Å²) in [4.78, 5) is 39.7. The third-order valence-corrected chi connectivity index (χ3v) is 3.19. The molecule has 0 aliphatic heterocycles. The standard InChI is InChI=1S/C8H11N3O2.C8H9N3.CH2O2.CO2/c1-2-13-8(12)6-3-4-10-7(5-6)11-9;1-2-7-3-4-11-6-9-10-8(11)5-7;2*2-1-3/h3-5H,2,9H2,1H3,(H,10,11);3-6H,2H2,1H3;1H,(H,2,3);. The molecule has 0 spiro atoms. The molecule has 0 radical (unpaired) electrons. The van der Waals surface area contributed by atoms with E-state index in [1.54, 1.807) is 19.3 Å². The van der Waals surface area contributed by atoms with Gasteiger partial charge in [-0.3, -0.25) is 9.20 Å². The van der Waals surface area contributed by atoms with Gasteiger partial charge < -0.3 is 15.3 Å². The van der Waals surface area contributed by atoms with Crippen LogP contribution in [0.5, 0.6) is 0 Å². The molecule has 0 aliphatic rings. The van der Waals surface area contributed by atoms with Crippen LogP contribution in [0.3, 0.4) is 0 Å². The lowest BCUT2D eigenvalue weighted by Crippen LogP contribution is -2.10. The minimum absolute atomic E-state index is 0.250. The molecule has 160 valence electrons. The maximum atomic E-state index is 11.2. The van der Waals surface area contributed by atoms with E-state index in [1.807, 2.05) is 16.7 Å². The van der Waals surface area contributed by atoms with Crippen molar-refractivity contribution < 1.29 is 29.0 Å². The monoisotopic (exact) mass is 418 g/mol. The minimum Gasteiger partial charge on any atom is -0.483 e. The average molecular weight is 418 g/mol. The molecule has 12 heteroatoms. The third kappa shape index (κ3) is 9.69. The number of hydrogen-bond acceptors (Lipinski definition) is 10. The third-order valence-electron chi connectivity index (χ3n) is 3.19. The van der Waals surface area contributed by atoms with Crippen LogP contribution in [-0.2, 0) is 25.5 Å². The Balaban J connectivity index is 0.000000448. The van der Waals surface area contributed by atoms with E-state index in [0.29, 0.717) is 18.0 Å². The number of nitrogens with one attached hydrogen (secondary N) is 1. The summed E-state index contributed by atoms with van der Waals surface area (Å²) in [5, 5.41) is 14.6. The molecule has 0 atom stereocenters. The second kappa shape index (κ2) is 15.9. The van der Waals surface area contributed by atoms with Gasteiger partial charge in [-0.25, -0.2) is 15.6 Å². The summed E-state index contributed by atoms with van der Waals surface area (Å²) in [5.74, 6) is 5.19. The summed E-state index contributed by atoms with van der Waals surface area (Å²) in [6.45, 7) is 3.98. The molecule has 12 nitrogen and oxygen atoms in total. The fraction of sp³-hybridized carbons (Fsp3) is 0.222. The molecule has 0 saturated carbocycles. The Labute approximate surface area is 171 Å². The molecule has 0 amide bonds. The van der Waals surface area contributed by atoms with Crippen LogP contribution in [0.15, 0.2) is 43.0 Å². The fourth-order valence-electron chi connectivity index (χ4n) is 1.93. The topological polar surface area (TPSA) is 179 Å². The maximum absolute atomic E-state index is 11.2. The first kappa shape index (κ1) is 25.9. The fourth-order valence-corrected chi connectivity index (χ4v) is 1.93. The van der Waals surface area contributed by atoms with Crippen LogP contribution < -0.4 is 11.3 Å². The molecule has 3 aromatic rings. The summed E-state index contributed by atoms with van der Waals surface area (Å²) in [6.07, 6.45) is 6.47. The van der Waals surface area contributed by atoms with E-state index in [2.05, 4.69) is 33.6 Å². The Morgan fingerprint density at radius 3 is 2.57 bits per heavy atom. The molecule has 0 fully saturated rings. The number of aryl methyl sites for hydroxylation is 1. The zero-order valence-electron chi connectivity index (χ0n) is 16.4. The van der Waals surface area contributed by atoms with Gasteiger partial charge in [0.2, 0.25) is 0 Å². The van der Waals surface area contributed by atoms with Crippen molar-refractivity contribution in [2.45, 2.75) is 20.3 Å². The number of nitrogens with two attached hydrogens (primary N) is 1. The number of nitrogens with zero attached hydrogens (tertiary/aromatic N) is 4. The van der Waals surface area contributed by atoms with Gasteiger partial charge in [0.25, 0.3) is 6.47 Å². The van der Waals surface area contributed by atoms with E-state index in [4.69, 9.17) is 30.1 Å². The molecule has 0 bridgehead atoms. The predicted octanol–water partition coefficient (Wildman–Crippen LogP) is 0.953. The minimum atomic E-state index is -0.374. The summed E-state index contributed by atoms with van der Waals surface area (Å²) in [5.41, 5.74) is 5.00. The summed E-state index contributed by atoms with van der Waals surface area (Å²) >= 11 is 0. The van der Waals surface area contributed by atoms with Crippen LogP contribution in [0.2, 0.25) is 0 Å². The van der Waals surface area contributed by atoms with Gasteiger partial charge >= 0.3 is 12.1 Å². The van der Waals surface area contributed by atoms with Crippen LogP contribution in [-0.4, -0.2) is 49.9 Å². The normalized spacial score (nSPS) is 8.63. The zero-order chi connectivity index (χ0) is 22.8. The van der Waals surface area contributed by atoms with Gasteiger partial charge in [0.15, 0.2) is 5.65 Å². The smallest absolute Gasteiger partial charge is 0.373 e. The van der Waals surface area contributed by atoms with Crippen molar-refractivity contribution in [2.75, 3.05) is 12.0 Å². The summed E-state index contributed by atoms with van der Waals surface area (Å²) < 4.78 is 6.69. The number of carbonyl (C=O) groups is 2. The molecule has 0 saturated heterocycles. The number of ether oxygens (including phenoxy) is 1. The lowest BCUT2D eigenvalue weighted by Gasteiger charge is -2.02. The quantitative estimate of drug-likeness (QED) is 0.238. The Morgan fingerprint density at radius 1 is 1.33 bits per heavy atom. The Morgan fingerprint density at radius 2 is 2.00 bits per heavy atom. The van der Waals surface area contributed by atoms with E-state index in [9.17, 15) is 4.79 Å². The molecule has 3 heterocycles. The predicted molar refractivity (Wildman–Crippen MR) is 104 cm³/mol. The van der Waals surface area contributed by atoms with Gasteiger partial charge in [0.1, 0.15) is 12.1 Å². The zero-order valence-corrected chi connectivity index (χ0v) is 16.4. The Bertz CT molecular complexity index is 940. The van der Waals surface area contributed by atoms with Crippen molar-refractivity contribution in [3.05, 3.63) is 54.1 Å². The molecule has 3 aromatic heterocycles. The van der Waals surface area contributed by atoms with Gasteiger partial charge in [0, 0.05) is 12.4 Å². The first-order valence-corrected chi connectivity index (χ1v) is 8.46. The highest BCUT2D eigenvalue weighted by molar-refractivity contribution is 5.90. The number of nitrogen functional groups attached to an aromatic ring is 1. The number of rotatable bonds is 4. The number of anilines is 1. The number of aromatic nitrogens is 4. The van der Waals surface area contributed by atoms with Crippen molar-refractivity contribution in [2.24, 2.45) is 5.84 Å². The van der Waals surface area contributed by atoms with Gasteiger partial charge in [0.05, 0.1) is 12.2 Å². The average Bonchev–Trinajstić information content (AvgIpc) is 3.23. The lowest BCUT2D eigenvalue weighted by molar-refractivity contribution is -0.191. The van der Waals surface area contributed by atoms with Crippen LogP contribution in [0.1, 0.15) is 29.8 Å². The summed E-state index contributed by atoms with van der Waals surface area (Å²) in [6, 6.07) is 7.22. The highest BCUT2D eigenvalue weighted by atomic mass is 16.5. The Hall–Kier alpha value is -4.15. The number of pyridine rings is 2. The van der Waals surface area contributed by atoms with E-state index in [0.717, 1.165) is 12.1 Å². The molecular weight excluding hydrogens is 396 g/mol. The molecule has 0 aromatic carbocycles. The maximum Gasteiger partial charge on any atom is 0.373 e. The van der Waals surface area contributed by atoms with Crippen LogP contribution in [0.25, 0.3) is 5.65 Å². The van der Waals surface area contributed by atoms with Crippen molar-refractivity contribution in [1.29, 1.82) is 0 Å². The molecular formula is C18H22N6O6. The van der Waals surface area contributed by atoms with E-state index < -0.39 is 0 Å². The van der Waals surface area contributed by atoms with Crippen molar-refractivity contribution in [1.82, 2.24) is 19.6 Å². The second-order valence-electron chi connectivity index (χ2n) is 4.97. The Kier molecular flexibility index (Phi) is 13.7. The van der Waals surface area contributed by atoms with Gasteiger partial charge in [-0.15, -0.1) is 10.2 Å². The number of carbonyl (C=O) groups excluding carboxylic acids is 3. The van der Waals surface area contributed by atoms with Gasteiger partial charge in [-0.1, -0.05) is 6.92 Å². The van der Waals surface area contributed by atoms with E-state index >= 15 is 0 Å². The largest absolute Gasteiger partial charge is 0.483 e. The molecule has 0 aliphatic carbocycles. The first-order chi connectivity index (χ1) is 14.5. The number of hydrogen-bond donors (Lipinski definition) is 3. The van der Waals surface area contributed by atoms with Crippen molar-refractivity contribution in [3.63, 3.8) is 0 Å². The number of carboxylic acid groups (broad SMARTS) is 1. The highest BCUT2D eigenvalue weighted by Gasteiger charge is 2.06. The molecule has 3 rings (SSSR count). The van der Waals surface area contributed by atoms with Crippen LogP contribution in [0, 0.1) is 0 Å². The van der Waals surface area contributed by atoms with Gasteiger partial charge in [-0.2, -0.15) is 9.59 Å². The molecule has 0 unspecified atom stereocenters. The highest BCUT2D eigenvalue weighted by Crippen LogP contribution is 2.06. The van der Waals surface area contributed by atoms with Crippen molar-refractivity contribution in [3.8, 4) is 0 Å². The van der Waals surface area contributed by atoms with Gasteiger partial charge in [-0.05, 0) is 43.2 Å². The number of hydrazine groups is 1.